The fourth-order valence-corrected chi connectivity index (χ4v) is 3.21. The summed E-state index contributed by atoms with van der Waals surface area (Å²) in [5.74, 6) is 0. The average molecular weight is 439 g/mol. The van der Waals surface area contributed by atoms with E-state index in [1.54, 1.807) is 42.5 Å². The van der Waals surface area contributed by atoms with Gasteiger partial charge in [-0.15, -0.1) is 0 Å². The average Bonchev–Trinajstić information content (AvgIpc) is 2.75. The van der Waals surface area contributed by atoms with Gasteiger partial charge in [0.05, 0.1) is 16.7 Å². The van der Waals surface area contributed by atoms with Crippen LogP contribution >= 0.6 is 23.2 Å². The van der Waals surface area contributed by atoms with Gasteiger partial charge in [0, 0.05) is 10.0 Å². The number of aromatic nitrogens is 2. The first-order chi connectivity index (χ1) is 14.5. The van der Waals surface area contributed by atoms with Gasteiger partial charge >= 0.3 is 0 Å². The maximum atomic E-state index is 12.8. The summed E-state index contributed by atoms with van der Waals surface area (Å²) in [7, 11) is 0. The zero-order valence-corrected chi connectivity index (χ0v) is 17.0. The van der Waals surface area contributed by atoms with Gasteiger partial charge in [0.15, 0.2) is 5.69 Å². The van der Waals surface area contributed by atoms with Crippen molar-refractivity contribution in [3.05, 3.63) is 104 Å². The van der Waals surface area contributed by atoms with Crippen LogP contribution in [0, 0.1) is 0 Å². The highest BCUT2D eigenvalue weighted by molar-refractivity contribution is 6.31. The van der Waals surface area contributed by atoms with Crippen molar-refractivity contribution in [1.29, 1.82) is 0 Å². The van der Waals surface area contributed by atoms with Crippen LogP contribution in [-0.2, 0) is 0 Å². The van der Waals surface area contributed by atoms with E-state index in [1.807, 2.05) is 30.3 Å². The third-order valence-corrected chi connectivity index (χ3v) is 4.91. The molecule has 1 heterocycles. The molecule has 0 saturated heterocycles. The molecule has 0 amide bonds. The monoisotopic (exact) mass is 438 g/mol. The van der Waals surface area contributed by atoms with E-state index in [-0.39, 0.29) is 11.4 Å². The topological polar surface area (TPSA) is 90.4 Å². The van der Waals surface area contributed by atoms with Gasteiger partial charge in [0.2, 0.25) is 0 Å². The molecular formula is C22H16Cl2N4O2. The summed E-state index contributed by atoms with van der Waals surface area (Å²) in [6.07, 6.45) is -1.21. The summed E-state index contributed by atoms with van der Waals surface area (Å²) in [6.45, 7) is 0. The first kappa shape index (κ1) is 20.1. The van der Waals surface area contributed by atoms with E-state index < -0.39 is 11.7 Å². The summed E-state index contributed by atoms with van der Waals surface area (Å²) < 4.78 is 0. The quantitative estimate of drug-likeness (QED) is 0.308. The summed E-state index contributed by atoms with van der Waals surface area (Å²) in [6, 6.07) is 20.8. The normalized spacial score (nSPS) is 12.7. The predicted molar refractivity (Wildman–Crippen MR) is 120 cm³/mol. The molecule has 3 N–H and O–H groups in total. The Hall–Kier alpha value is -3.19. The Balaban J connectivity index is 1.83. The first-order valence-electron chi connectivity index (χ1n) is 9.03. The largest absolute Gasteiger partial charge is 0.382 e. The van der Waals surface area contributed by atoms with Crippen LogP contribution in [0.2, 0.25) is 10.0 Å². The molecule has 0 aliphatic heterocycles. The zero-order chi connectivity index (χ0) is 21.1. The molecular weight excluding hydrogens is 423 g/mol. The van der Waals surface area contributed by atoms with Gasteiger partial charge in [-0.05, 0) is 48.0 Å². The van der Waals surface area contributed by atoms with Gasteiger partial charge in [-0.3, -0.25) is 10.2 Å². The van der Waals surface area contributed by atoms with Gasteiger partial charge in [-0.2, -0.15) is 5.10 Å². The number of hydrogen-bond donors (Lipinski definition) is 3. The summed E-state index contributed by atoms with van der Waals surface area (Å²) in [4.78, 5) is 20.0. The lowest BCUT2D eigenvalue weighted by Crippen LogP contribution is -2.26. The number of aliphatic hydroxyl groups is 1. The molecule has 0 saturated carbocycles. The van der Waals surface area contributed by atoms with Gasteiger partial charge in [0.1, 0.15) is 11.8 Å². The molecule has 0 radical (unpaired) electrons. The Morgan fingerprint density at radius 1 is 1.00 bits per heavy atom. The van der Waals surface area contributed by atoms with Gasteiger partial charge in [-0.1, -0.05) is 53.5 Å². The Kier molecular flexibility index (Phi) is 5.81. The molecule has 150 valence electrons. The molecule has 8 heteroatoms. The van der Waals surface area contributed by atoms with Crippen molar-refractivity contribution in [2.24, 2.45) is 5.10 Å². The van der Waals surface area contributed by atoms with Gasteiger partial charge < -0.3 is 10.1 Å². The summed E-state index contributed by atoms with van der Waals surface area (Å²) in [5, 5.41) is 16.4. The molecule has 3 aromatic carbocycles. The molecule has 0 fully saturated rings. The number of rotatable bonds is 5. The maximum Gasteiger partial charge on any atom is 0.276 e. The number of aromatic amines is 1. The minimum Gasteiger partial charge on any atom is -0.382 e. The second-order valence-corrected chi connectivity index (χ2v) is 7.38. The smallest absolute Gasteiger partial charge is 0.276 e. The van der Waals surface area contributed by atoms with Crippen molar-refractivity contribution in [3.8, 4) is 0 Å². The highest BCUT2D eigenvalue weighted by atomic mass is 35.5. The number of anilines is 1. The number of hydrogen-bond acceptors (Lipinski definition) is 5. The Morgan fingerprint density at radius 2 is 1.70 bits per heavy atom. The summed E-state index contributed by atoms with van der Waals surface area (Å²) in [5.41, 5.74) is 4.68. The fourth-order valence-electron chi connectivity index (χ4n) is 2.92. The predicted octanol–water partition coefficient (Wildman–Crippen LogP) is 4.78. The van der Waals surface area contributed by atoms with Crippen LogP contribution in [0.25, 0.3) is 11.0 Å². The van der Waals surface area contributed by atoms with E-state index in [1.165, 1.54) is 0 Å². The lowest BCUT2D eigenvalue weighted by atomic mass is 10.0. The number of aliphatic hydroxyl groups excluding tert-OH is 1. The second-order valence-electron chi connectivity index (χ2n) is 6.50. The minimum absolute atomic E-state index is 0.00398. The number of H-pyrrole nitrogens is 1. The van der Waals surface area contributed by atoms with E-state index in [2.05, 4.69) is 20.5 Å². The number of halogens is 2. The van der Waals surface area contributed by atoms with Crippen molar-refractivity contribution in [1.82, 2.24) is 9.97 Å². The van der Waals surface area contributed by atoms with E-state index in [0.29, 0.717) is 32.3 Å². The minimum atomic E-state index is -1.21. The van der Waals surface area contributed by atoms with Crippen LogP contribution in [0.4, 0.5) is 5.69 Å². The third-order valence-electron chi connectivity index (χ3n) is 4.42. The van der Waals surface area contributed by atoms with Crippen molar-refractivity contribution in [2.75, 3.05) is 5.43 Å². The molecule has 30 heavy (non-hydrogen) atoms. The van der Waals surface area contributed by atoms with Crippen molar-refractivity contribution >= 4 is 45.6 Å². The van der Waals surface area contributed by atoms with E-state index in [9.17, 15) is 9.90 Å². The van der Waals surface area contributed by atoms with Crippen molar-refractivity contribution in [2.45, 2.75) is 6.10 Å². The molecule has 6 nitrogen and oxygen atoms in total. The van der Waals surface area contributed by atoms with Crippen LogP contribution < -0.4 is 11.0 Å². The maximum absolute atomic E-state index is 12.8. The van der Waals surface area contributed by atoms with Crippen LogP contribution in [-0.4, -0.2) is 20.8 Å². The number of nitrogens with zero attached hydrogens (tertiary/aromatic N) is 2. The highest BCUT2D eigenvalue weighted by Gasteiger charge is 2.22. The van der Waals surface area contributed by atoms with E-state index in [4.69, 9.17) is 23.2 Å². The van der Waals surface area contributed by atoms with Crippen LogP contribution in [0.1, 0.15) is 17.4 Å². The lowest BCUT2D eigenvalue weighted by Gasteiger charge is -2.15. The van der Waals surface area contributed by atoms with Crippen molar-refractivity contribution < 1.29 is 5.11 Å². The Labute approximate surface area is 181 Å². The molecule has 1 atom stereocenters. The number of fused-ring (bicyclic) bond motifs is 1. The van der Waals surface area contributed by atoms with Crippen LogP contribution in [0.15, 0.2) is 82.7 Å². The fraction of sp³-hybridized carbons (Fsp3) is 0.0455. The molecule has 4 rings (SSSR count). The standard InChI is InChI=1S/C22H16Cl2N4O2/c23-14-8-6-13(7-9-14)21(29)19(28-27-16-4-2-1-3-5-16)20-22(30)26-18-12-15(24)10-11-17(18)25-20/h1-12,21,27,29H,(H,26,30)/b28-19+/t21-/m1/s1. The number of benzene rings is 3. The van der Waals surface area contributed by atoms with Gasteiger partial charge in [0.25, 0.3) is 5.56 Å². The number of hydrazone groups is 1. The molecule has 0 spiro atoms. The SMILES string of the molecule is O=c1[nH]c2cc(Cl)ccc2nc1/C(=N\Nc1ccccc1)[C@H](O)c1ccc(Cl)cc1. The molecule has 1 aromatic heterocycles. The molecule has 0 unspecified atom stereocenters. The third kappa shape index (κ3) is 4.36. The van der Waals surface area contributed by atoms with Crippen LogP contribution in [0.3, 0.4) is 0 Å². The number of nitrogens with one attached hydrogen (secondary N) is 2. The summed E-state index contributed by atoms with van der Waals surface area (Å²) >= 11 is 12.0. The van der Waals surface area contributed by atoms with Gasteiger partial charge in [-0.25, -0.2) is 4.98 Å². The number of para-hydroxylation sites is 1. The Morgan fingerprint density at radius 3 is 2.43 bits per heavy atom. The lowest BCUT2D eigenvalue weighted by molar-refractivity contribution is 0.247. The Bertz CT molecular complexity index is 1270. The van der Waals surface area contributed by atoms with Crippen molar-refractivity contribution in [3.63, 3.8) is 0 Å². The second kappa shape index (κ2) is 8.67. The molecule has 0 aliphatic rings. The molecule has 0 bridgehead atoms. The van der Waals surface area contributed by atoms with E-state index in [0.717, 1.165) is 0 Å². The highest BCUT2D eigenvalue weighted by Crippen LogP contribution is 2.21. The zero-order valence-electron chi connectivity index (χ0n) is 15.5. The molecule has 4 aromatic rings. The van der Waals surface area contributed by atoms with E-state index >= 15 is 0 Å². The van der Waals surface area contributed by atoms with Crippen LogP contribution in [0.5, 0.6) is 0 Å². The molecule has 0 aliphatic carbocycles. The first-order valence-corrected chi connectivity index (χ1v) is 9.79.